The molecule has 3 heterocycles. The molecule has 1 saturated heterocycles. The first kappa shape index (κ1) is 29.3. The Kier molecular flexibility index (Phi) is 9.35. The number of carbonyl (C=O) groups excluding carboxylic acids is 2. The monoisotopic (exact) mass is 595 g/mol. The lowest BCUT2D eigenvalue weighted by atomic mass is 10.3. The molecule has 0 unspecified atom stereocenters. The van der Waals surface area contributed by atoms with Crippen LogP contribution in [-0.4, -0.2) is 89.4 Å². The second kappa shape index (κ2) is 12.1. The number of carboxylic acids is 1. The number of thiophene rings is 1. The summed E-state index contributed by atoms with van der Waals surface area (Å²) in [7, 11) is -3.81. The Balaban J connectivity index is 0.000000505. The van der Waals surface area contributed by atoms with Crippen LogP contribution in [-0.2, 0) is 30.8 Å². The number of halogens is 4. The minimum absolute atomic E-state index is 0.100. The van der Waals surface area contributed by atoms with Crippen molar-refractivity contribution in [1.29, 1.82) is 0 Å². The van der Waals surface area contributed by atoms with E-state index < -0.39 is 28.1 Å². The molecule has 1 fully saturated rings. The van der Waals surface area contributed by atoms with Crippen LogP contribution in [0.25, 0.3) is 10.1 Å². The van der Waals surface area contributed by atoms with Gasteiger partial charge in [-0.15, -0.1) is 11.3 Å². The highest BCUT2D eigenvalue weighted by Gasteiger charge is 2.38. The zero-order chi connectivity index (χ0) is 28.1. The summed E-state index contributed by atoms with van der Waals surface area (Å²) in [4.78, 5) is 41.8. The second-order valence-corrected chi connectivity index (χ2v) is 11.6. The third-order valence-corrected chi connectivity index (χ3v) is 8.81. The second-order valence-electron chi connectivity index (χ2n) is 7.88. The van der Waals surface area contributed by atoms with Gasteiger partial charge in [-0.2, -0.15) is 17.5 Å². The summed E-state index contributed by atoms with van der Waals surface area (Å²) >= 11 is 7.11. The number of carbonyl (C=O) groups is 3. The molecule has 2 amide bonds. The topological polar surface area (TPSA) is 153 Å². The molecule has 0 atom stereocenters. The Hall–Kier alpha value is -3.21. The molecule has 0 bridgehead atoms. The number of alkyl halides is 3. The molecule has 3 N–H and O–H groups in total. The van der Waals surface area contributed by atoms with Crippen molar-refractivity contribution in [3.8, 4) is 0 Å². The van der Waals surface area contributed by atoms with Crippen LogP contribution in [0.2, 0.25) is 5.02 Å². The summed E-state index contributed by atoms with van der Waals surface area (Å²) in [5.74, 6) is -3.44. The molecule has 0 aliphatic carbocycles. The zero-order valence-corrected chi connectivity index (χ0v) is 21.8. The lowest BCUT2D eigenvalue weighted by molar-refractivity contribution is -0.192. The summed E-state index contributed by atoms with van der Waals surface area (Å²) in [5.41, 5.74) is 0.902. The van der Waals surface area contributed by atoms with Crippen LogP contribution in [0.15, 0.2) is 41.0 Å². The molecule has 0 radical (unpaired) electrons. The van der Waals surface area contributed by atoms with E-state index >= 15 is 0 Å². The molecular weight excluding hydrogens is 575 g/mol. The number of imidazole rings is 1. The van der Waals surface area contributed by atoms with Gasteiger partial charge in [-0.25, -0.2) is 18.2 Å². The van der Waals surface area contributed by atoms with Crippen molar-refractivity contribution in [3.05, 3.63) is 47.5 Å². The first-order valence-corrected chi connectivity index (χ1v) is 13.4. The number of H-pyrrole nitrogens is 1. The van der Waals surface area contributed by atoms with E-state index in [1.54, 1.807) is 36.8 Å². The maximum absolute atomic E-state index is 13.0. The van der Waals surface area contributed by atoms with E-state index in [9.17, 15) is 31.2 Å². The van der Waals surface area contributed by atoms with Gasteiger partial charge in [0.2, 0.25) is 11.8 Å². The number of aromatic amines is 1. The molecule has 1 aliphatic rings. The highest BCUT2D eigenvalue weighted by molar-refractivity contribution is 7.91. The number of carboxylic acid groups (broad SMARTS) is 1. The van der Waals surface area contributed by atoms with Gasteiger partial charge in [-0.3, -0.25) is 9.59 Å². The molecule has 1 aromatic carbocycles. The third-order valence-electron chi connectivity index (χ3n) is 5.19. The van der Waals surface area contributed by atoms with Crippen molar-refractivity contribution in [2.45, 2.75) is 16.8 Å². The Morgan fingerprint density at radius 2 is 1.95 bits per heavy atom. The lowest BCUT2D eigenvalue weighted by Gasteiger charge is -2.32. The van der Waals surface area contributed by atoms with Gasteiger partial charge in [0, 0.05) is 47.7 Å². The van der Waals surface area contributed by atoms with Gasteiger partial charge in [0.1, 0.15) is 4.21 Å². The average molecular weight is 596 g/mol. The number of hydrogen-bond acceptors (Lipinski definition) is 7. The van der Waals surface area contributed by atoms with Crippen LogP contribution in [0.5, 0.6) is 0 Å². The average Bonchev–Trinajstić information content (AvgIpc) is 3.50. The molecule has 206 valence electrons. The number of amides is 2. The van der Waals surface area contributed by atoms with Crippen molar-refractivity contribution in [2.24, 2.45) is 0 Å². The van der Waals surface area contributed by atoms with Crippen LogP contribution < -0.4 is 5.32 Å². The predicted molar refractivity (Wildman–Crippen MR) is 131 cm³/mol. The van der Waals surface area contributed by atoms with Crippen LogP contribution in [0.4, 0.5) is 13.2 Å². The number of fused-ring (bicyclic) bond motifs is 1. The molecule has 2 aromatic heterocycles. The van der Waals surface area contributed by atoms with Gasteiger partial charge < -0.3 is 20.3 Å². The van der Waals surface area contributed by atoms with Crippen molar-refractivity contribution in [2.75, 3.05) is 32.7 Å². The van der Waals surface area contributed by atoms with E-state index in [0.717, 1.165) is 31.4 Å². The van der Waals surface area contributed by atoms with Crippen molar-refractivity contribution in [1.82, 2.24) is 24.5 Å². The van der Waals surface area contributed by atoms with Crippen LogP contribution >= 0.6 is 22.9 Å². The smallest absolute Gasteiger partial charge is 0.475 e. The normalized spacial score (nSPS) is 14.7. The number of hydrogen-bond donors (Lipinski definition) is 3. The minimum Gasteiger partial charge on any atom is -0.475 e. The van der Waals surface area contributed by atoms with Crippen molar-refractivity contribution < 1.29 is 41.1 Å². The highest BCUT2D eigenvalue weighted by Crippen LogP contribution is 2.33. The Morgan fingerprint density at radius 1 is 1.24 bits per heavy atom. The molecule has 38 heavy (non-hydrogen) atoms. The van der Waals surface area contributed by atoms with Gasteiger partial charge in [-0.05, 0) is 23.6 Å². The summed E-state index contributed by atoms with van der Waals surface area (Å²) in [6.07, 6.45) is -1.23. The van der Waals surface area contributed by atoms with Gasteiger partial charge in [-0.1, -0.05) is 17.7 Å². The Labute approximate surface area is 223 Å². The number of piperazine rings is 1. The Morgan fingerprint density at radius 3 is 2.55 bits per heavy atom. The van der Waals surface area contributed by atoms with Gasteiger partial charge in [0.15, 0.2) is 0 Å². The number of nitrogens with zero attached hydrogens (tertiary/aromatic N) is 3. The number of sulfonamides is 1. The van der Waals surface area contributed by atoms with E-state index in [2.05, 4.69) is 15.3 Å². The maximum Gasteiger partial charge on any atom is 0.490 e. The molecule has 4 rings (SSSR count). The van der Waals surface area contributed by atoms with Crippen LogP contribution in [0, 0.1) is 0 Å². The van der Waals surface area contributed by atoms with Crippen LogP contribution in [0.1, 0.15) is 5.69 Å². The van der Waals surface area contributed by atoms with E-state index in [-0.39, 0.29) is 36.3 Å². The number of nitrogens with one attached hydrogen (secondary N) is 2. The number of aromatic nitrogens is 2. The fraction of sp³-hybridized carbons (Fsp3) is 0.333. The molecule has 3 aromatic rings. The highest BCUT2D eigenvalue weighted by atomic mass is 35.5. The first-order valence-electron chi connectivity index (χ1n) is 10.8. The summed E-state index contributed by atoms with van der Waals surface area (Å²) in [6, 6.07) is 6.78. The fourth-order valence-electron chi connectivity index (χ4n) is 3.28. The molecule has 11 nitrogen and oxygen atoms in total. The van der Waals surface area contributed by atoms with Crippen molar-refractivity contribution in [3.63, 3.8) is 0 Å². The summed E-state index contributed by atoms with van der Waals surface area (Å²) in [5, 5.41) is 11.2. The van der Waals surface area contributed by atoms with Crippen molar-refractivity contribution >= 4 is 60.8 Å². The lowest BCUT2D eigenvalue weighted by Crippen LogP contribution is -2.54. The molecular formula is C21H21ClF3N5O6S2. The standard InChI is InChI=1S/C19H20ClN5O4S2.C2HF3O2/c20-14-2-1-13-7-19(30-16(13)8-14)31(28,29)25-6-5-24(18(27)11-25)10-17(26)22-4-3-15-9-21-12-23-15;3-2(4,5)1(6)7/h1-2,7-9,12H,3-6,10-11H2,(H,21,23)(H,22,26);(H,6,7). The summed E-state index contributed by atoms with van der Waals surface area (Å²) in [6.45, 7) is 0.308. The quantitative estimate of drug-likeness (QED) is 0.378. The zero-order valence-electron chi connectivity index (χ0n) is 19.4. The van der Waals surface area contributed by atoms with Gasteiger partial charge in [0.25, 0.3) is 10.0 Å². The molecule has 17 heteroatoms. The van der Waals surface area contributed by atoms with Gasteiger partial charge >= 0.3 is 12.1 Å². The third kappa shape index (κ3) is 7.66. The number of rotatable bonds is 7. The molecule has 0 saturated carbocycles. The predicted octanol–water partition coefficient (Wildman–Crippen LogP) is 2.10. The van der Waals surface area contributed by atoms with E-state index in [4.69, 9.17) is 21.5 Å². The number of benzene rings is 1. The van der Waals surface area contributed by atoms with E-state index in [1.165, 1.54) is 4.90 Å². The first-order chi connectivity index (χ1) is 17.8. The SMILES string of the molecule is O=C(CN1CCN(S(=O)(=O)c2cc3ccc(Cl)cc3s2)CC1=O)NCCc1cnc[nH]1.O=C(O)C(F)(F)F. The Bertz CT molecular complexity index is 1410. The van der Waals surface area contributed by atoms with E-state index in [1.807, 2.05) is 0 Å². The minimum atomic E-state index is -5.08. The van der Waals surface area contributed by atoms with E-state index in [0.29, 0.717) is 18.0 Å². The fourth-order valence-corrected chi connectivity index (χ4v) is 6.49. The molecule has 1 aliphatic heterocycles. The summed E-state index contributed by atoms with van der Waals surface area (Å²) < 4.78 is 59.9. The van der Waals surface area contributed by atoms with Gasteiger partial charge in [0.05, 0.1) is 19.4 Å². The largest absolute Gasteiger partial charge is 0.490 e. The maximum atomic E-state index is 13.0. The van der Waals surface area contributed by atoms with Crippen LogP contribution in [0.3, 0.4) is 0 Å². The number of aliphatic carboxylic acids is 1. The molecule has 0 spiro atoms.